The van der Waals surface area contributed by atoms with Crippen molar-refractivity contribution in [3.63, 3.8) is 0 Å². The summed E-state index contributed by atoms with van der Waals surface area (Å²) in [4.78, 5) is 142. The van der Waals surface area contributed by atoms with Crippen molar-refractivity contribution in [2.75, 3.05) is 0 Å². The lowest BCUT2D eigenvalue weighted by atomic mass is 9.74. The van der Waals surface area contributed by atoms with Crippen molar-refractivity contribution in [1.29, 1.82) is 0 Å². The average Bonchev–Trinajstić information content (AvgIpc) is 0.821. The van der Waals surface area contributed by atoms with Gasteiger partial charge in [-0.2, -0.15) is 0 Å². The van der Waals surface area contributed by atoms with E-state index in [0.29, 0.717) is 47.8 Å². The first-order valence-corrected chi connectivity index (χ1v) is 47.6. The van der Waals surface area contributed by atoms with Gasteiger partial charge in [-0.3, -0.25) is 57.5 Å². The monoisotopic (exact) mass is 1780 g/mol. The highest BCUT2D eigenvalue weighted by molar-refractivity contribution is 5.89. The third kappa shape index (κ3) is 38.9. The molecule has 0 aliphatic heterocycles. The molecular weight excluding hydrogens is 1640 g/mol. The van der Waals surface area contributed by atoms with Crippen molar-refractivity contribution in [2.45, 2.75) is 298 Å². The first-order chi connectivity index (χ1) is 61.7. The second-order valence-corrected chi connectivity index (χ2v) is 37.8. The molecule has 0 saturated heterocycles. The van der Waals surface area contributed by atoms with Crippen LogP contribution in [0, 0.1) is 121 Å². The number of Topliss-reactive ketones (excluding diaryl/α,β-unsaturated/α-hetero) is 6. The highest BCUT2D eigenvalue weighted by Crippen LogP contribution is 2.37. The molecule has 0 heterocycles. The zero-order chi connectivity index (χ0) is 93.9. The number of ketones is 6. The van der Waals surface area contributed by atoms with Crippen LogP contribution in [0.15, 0.2) is 146 Å². The molecule has 6 unspecified atom stereocenters. The van der Waals surface area contributed by atoms with Gasteiger partial charge in [-0.1, -0.05) is 248 Å². The van der Waals surface area contributed by atoms with Gasteiger partial charge in [0.25, 0.3) is 0 Å². The van der Waals surface area contributed by atoms with Gasteiger partial charge in [0.05, 0.1) is 35.5 Å². The molecule has 0 bridgehead atoms. The Kier molecular flexibility index (Phi) is 46.4. The number of aryl methyl sites for hydroxylation is 3. The van der Waals surface area contributed by atoms with E-state index in [4.69, 9.17) is 0 Å². The molecule has 6 aromatic rings. The van der Waals surface area contributed by atoms with Gasteiger partial charge in [-0.15, -0.1) is 0 Å². The van der Waals surface area contributed by atoms with Gasteiger partial charge in [0.15, 0.2) is 0 Å². The number of hydrogen-bond donors (Lipinski definition) is 6. The first-order valence-electron chi connectivity index (χ1n) is 47.6. The largest absolute Gasteiger partial charge is 0.481 e. The van der Waals surface area contributed by atoms with Gasteiger partial charge in [-0.25, -0.2) is 13.2 Å². The molecule has 0 spiro atoms. The number of carboxylic acid groups (broad SMARTS) is 6. The lowest BCUT2D eigenvalue weighted by molar-refractivity contribution is -0.144. The minimum Gasteiger partial charge on any atom is -0.481 e. The second kappa shape index (κ2) is 56.5. The van der Waals surface area contributed by atoms with Gasteiger partial charge in [0.2, 0.25) is 0 Å². The molecule has 6 aliphatic carbocycles. The molecule has 702 valence electrons. The van der Waals surface area contributed by atoms with Crippen LogP contribution in [-0.2, 0) is 96.1 Å². The number of rotatable bonds is 37. The summed E-state index contributed by atoms with van der Waals surface area (Å²) in [5.41, 5.74) is 7.79. The third-order valence-electron chi connectivity index (χ3n) is 27.3. The van der Waals surface area contributed by atoms with Crippen LogP contribution < -0.4 is 0 Å². The fourth-order valence-electron chi connectivity index (χ4n) is 19.0. The molecule has 6 fully saturated rings. The Hall–Kier alpha value is -10.1. The molecule has 6 saturated carbocycles. The number of hydrogen-bond acceptors (Lipinski definition) is 12. The molecule has 6 atom stereocenters. The summed E-state index contributed by atoms with van der Waals surface area (Å²) in [7, 11) is 0. The smallest absolute Gasteiger partial charge is 0.307 e. The van der Waals surface area contributed by atoms with E-state index < -0.39 is 83.0 Å². The lowest BCUT2D eigenvalue weighted by Crippen LogP contribution is -2.28. The maximum atomic E-state index is 13.7. The molecule has 0 radical (unpaired) electrons. The van der Waals surface area contributed by atoms with Crippen molar-refractivity contribution in [3.8, 4) is 0 Å². The fraction of sp³-hybridized carbons (Fsp3) is 0.556. The predicted molar refractivity (Wildman–Crippen MR) is 493 cm³/mol. The normalized spacial score (nSPS) is 18.3. The minimum absolute atomic E-state index is 0.000674. The SMILES string of the molecule is CC(C)C1CCC(C(=O)CC(Cc2ccccc2F)C(=O)O)CC1.Cc1ccc(CC(CC(=O)C2CCCCC2)C(=O)O)cc1.Cc1ccc(CC(CC(=O)C2CCCCC2)C(=O)O)cc1.Cc1ccc(CC(CC(=O)C2CCCCC2)C(=O)O)cc1.O=C(O)C(CC(=O)C1CCCCC1)Cc1cccc(F)c1.O=C(O)C(CC(=O)C1CCCCC1)Cc1ccccc1F. The van der Waals surface area contributed by atoms with Crippen LogP contribution in [0.4, 0.5) is 13.2 Å². The van der Waals surface area contributed by atoms with Crippen molar-refractivity contribution in [1.82, 2.24) is 0 Å². The standard InChI is InChI=1S/C20H27FO3.3C18H24O3.2C17H21FO3/c1-13(2)14-7-9-15(10-8-14)19(22)12-17(20(23)24)11-16-5-3-4-6-18(16)21;3*1-13-7-9-14(10-8-13)11-16(18(20)21)12-17(19)15-5-3-2-4-6-15;18-15-8-4-5-12(10-15)9-14(17(20)21)11-16(19)13-6-2-1-3-7-13;18-15-9-5-4-8-13(15)10-14(17(20)21)11-16(19)12-6-2-1-3-7-12/h3-6,13-15,17H,7-12H2,1-2H3,(H,23,24);3*7-10,15-16H,2-6,11-12H2,1H3,(H,20,21);4-5,8,10,13-14H,1-3,6-7,9,11H2,(H,20,21);4-5,8-9,12,14H,1-3,6-7,10-11H2,(H,20,21). The average molecular weight is 1780 g/mol. The number of carboxylic acids is 6. The summed E-state index contributed by atoms with van der Waals surface area (Å²) >= 11 is 0. The van der Waals surface area contributed by atoms with Crippen LogP contribution in [0.1, 0.15) is 289 Å². The summed E-state index contributed by atoms with van der Waals surface area (Å²) in [6.45, 7) is 10.4. The molecule has 6 aliphatic rings. The zero-order valence-corrected chi connectivity index (χ0v) is 76.6. The van der Waals surface area contributed by atoms with Crippen LogP contribution in [0.25, 0.3) is 0 Å². The van der Waals surface area contributed by atoms with E-state index in [1.807, 2.05) is 93.6 Å². The summed E-state index contributed by atoms with van der Waals surface area (Å²) in [6.07, 6.45) is 31.9. The second-order valence-electron chi connectivity index (χ2n) is 37.8. The Morgan fingerprint density at radius 1 is 0.264 bits per heavy atom. The van der Waals surface area contributed by atoms with Gasteiger partial charge in [0.1, 0.15) is 52.2 Å². The Morgan fingerprint density at radius 2 is 0.488 bits per heavy atom. The van der Waals surface area contributed by atoms with Gasteiger partial charge < -0.3 is 30.6 Å². The number of halogens is 3. The Labute approximate surface area is 761 Å². The molecule has 0 aromatic heterocycles. The molecule has 18 nitrogen and oxygen atoms in total. The van der Waals surface area contributed by atoms with Crippen molar-refractivity contribution < 1.29 is 101 Å². The number of benzene rings is 6. The van der Waals surface area contributed by atoms with Crippen molar-refractivity contribution in [3.05, 3.63) is 213 Å². The van der Waals surface area contributed by atoms with E-state index in [0.717, 1.165) is 200 Å². The number of aliphatic carboxylic acids is 6. The predicted octanol–water partition coefficient (Wildman–Crippen LogP) is 23.0. The first kappa shape index (κ1) is 106. The van der Waals surface area contributed by atoms with Crippen LogP contribution in [-0.4, -0.2) is 101 Å². The van der Waals surface area contributed by atoms with Crippen molar-refractivity contribution in [2.24, 2.45) is 82.9 Å². The maximum absolute atomic E-state index is 13.7. The Bertz CT molecular complexity index is 4290. The number of carbonyl (C=O) groups excluding carboxylic acids is 6. The minimum atomic E-state index is -1.03. The number of carbonyl (C=O) groups is 12. The highest BCUT2D eigenvalue weighted by Gasteiger charge is 2.36. The molecule has 0 amide bonds. The lowest BCUT2D eigenvalue weighted by Gasteiger charge is -2.30. The van der Waals surface area contributed by atoms with Crippen LogP contribution >= 0.6 is 0 Å². The van der Waals surface area contributed by atoms with E-state index in [1.165, 1.54) is 43.5 Å². The van der Waals surface area contributed by atoms with E-state index >= 15 is 0 Å². The molecule has 6 aromatic carbocycles. The molecule has 12 rings (SSSR count). The van der Waals surface area contributed by atoms with E-state index in [-0.39, 0.29) is 134 Å². The summed E-state index contributed by atoms with van der Waals surface area (Å²) < 4.78 is 40.5. The molecule has 21 heteroatoms. The van der Waals surface area contributed by atoms with Gasteiger partial charge in [0, 0.05) is 74.0 Å². The fourth-order valence-corrected chi connectivity index (χ4v) is 19.0. The van der Waals surface area contributed by atoms with Crippen LogP contribution in [0.3, 0.4) is 0 Å². The van der Waals surface area contributed by atoms with Crippen LogP contribution in [0.2, 0.25) is 0 Å². The van der Waals surface area contributed by atoms with E-state index in [2.05, 4.69) is 13.8 Å². The summed E-state index contributed by atoms with van der Waals surface area (Å²) in [5, 5.41) is 56.2. The van der Waals surface area contributed by atoms with Crippen LogP contribution in [0.5, 0.6) is 0 Å². The Morgan fingerprint density at radius 3 is 0.713 bits per heavy atom. The van der Waals surface area contributed by atoms with E-state index in [1.54, 1.807) is 48.5 Å². The van der Waals surface area contributed by atoms with Gasteiger partial charge >= 0.3 is 35.8 Å². The highest BCUT2D eigenvalue weighted by atomic mass is 19.1. The van der Waals surface area contributed by atoms with Crippen molar-refractivity contribution >= 4 is 70.5 Å². The third-order valence-corrected chi connectivity index (χ3v) is 27.3. The molecular formula is C108H141F3O18. The van der Waals surface area contributed by atoms with E-state index in [9.17, 15) is 101 Å². The zero-order valence-electron chi connectivity index (χ0n) is 76.6. The van der Waals surface area contributed by atoms with Gasteiger partial charge in [-0.05, 0) is 219 Å². The summed E-state index contributed by atoms with van der Waals surface area (Å²) in [6, 6.07) is 41.9. The quantitative estimate of drug-likeness (QED) is 0.0211. The summed E-state index contributed by atoms with van der Waals surface area (Å²) in [5.74, 6) is -8.91. The molecule has 129 heavy (non-hydrogen) atoms. The maximum Gasteiger partial charge on any atom is 0.307 e. The Balaban J connectivity index is 0.000000212. The topological polar surface area (TPSA) is 326 Å². The molecule has 6 N–H and O–H groups in total.